The van der Waals surface area contributed by atoms with Crippen molar-refractivity contribution in [1.29, 1.82) is 0 Å². The van der Waals surface area contributed by atoms with Gasteiger partial charge in [0, 0.05) is 12.1 Å². The van der Waals surface area contributed by atoms with Crippen molar-refractivity contribution in [1.82, 2.24) is 19.8 Å². The molecule has 1 aromatic heterocycles. The summed E-state index contributed by atoms with van der Waals surface area (Å²) in [6.07, 6.45) is 0.644. The Labute approximate surface area is 214 Å². The first-order valence-electron chi connectivity index (χ1n) is 11.7. The van der Waals surface area contributed by atoms with Crippen LogP contribution < -0.4 is 4.74 Å². The second kappa shape index (κ2) is 10.4. The molecule has 3 aromatic carbocycles. The summed E-state index contributed by atoms with van der Waals surface area (Å²) in [7, 11) is 1.64. The predicted molar refractivity (Wildman–Crippen MR) is 142 cm³/mol. The topological polar surface area (TPSA) is 72.6 Å². The van der Waals surface area contributed by atoms with Crippen LogP contribution in [-0.2, 0) is 4.79 Å². The Morgan fingerprint density at radius 3 is 2.39 bits per heavy atom. The number of rotatable bonds is 7. The van der Waals surface area contributed by atoms with E-state index < -0.39 is 0 Å². The van der Waals surface area contributed by atoms with Gasteiger partial charge in [-0.3, -0.25) is 9.36 Å². The lowest BCUT2D eigenvalue weighted by Crippen LogP contribution is -2.28. The van der Waals surface area contributed by atoms with Crippen molar-refractivity contribution in [3.05, 3.63) is 101 Å². The molecule has 0 saturated carbocycles. The van der Waals surface area contributed by atoms with Crippen molar-refractivity contribution in [2.75, 3.05) is 12.9 Å². The van der Waals surface area contributed by atoms with Crippen LogP contribution in [0.4, 0.5) is 0 Å². The Morgan fingerprint density at radius 2 is 1.69 bits per heavy atom. The molecule has 36 heavy (non-hydrogen) atoms. The van der Waals surface area contributed by atoms with E-state index in [4.69, 9.17) is 9.84 Å². The molecule has 4 aromatic rings. The Bertz CT molecular complexity index is 1380. The third kappa shape index (κ3) is 4.90. The molecule has 0 radical (unpaired) electrons. The normalized spacial score (nSPS) is 15.1. The van der Waals surface area contributed by atoms with Crippen LogP contribution in [0, 0.1) is 13.8 Å². The molecule has 0 saturated heterocycles. The van der Waals surface area contributed by atoms with Crippen LogP contribution in [0.2, 0.25) is 0 Å². The van der Waals surface area contributed by atoms with Crippen LogP contribution in [0.25, 0.3) is 5.69 Å². The fourth-order valence-electron chi connectivity index (χ4n) is 4.25. The number of nitrogens with zero attached hydrogens (tertiary/aromatic N) is 5. The van der Waals surface area contributed by atoms with E-state index in [1.807, 2.05) is 78.2 Å². The number of aryl methyl sites for hydroxylation is 2. The first kappa shape index (κ1) is 23.8. The lowest BCUT2D eigenvalue weighted by atomic mass is 9.98. The Morgan fingerprint density at radius 1 is 0.972 bits per heavy atom. The summed E-state index contributed by atoms with van der Waals surface area (Å²) in [5.41, 5.74) is 5.09. The number of aromatic nitrogens is 3. The van der Waals surface area contributed by atoms with E-state index in [9.17, 15) is 4.79 Å². The molecule has 0 aliphatic carbocycles. The first-order valence-corrected chi connectivity index (χ1v) is 12.7. The summed E-state index contributed by atoms with van der Waals surface area (Å²) in [4.78, 5) is 13.5. The third-order valence-corrected chi connectivity index (χ3v) is 7.10. The third-order valence-electron chi connectivity index (χ3n) is 6.19. The van der Waals surface area contributed by atoms with Crippen molar-refractivity contribution in [2.24, 2.45) is 5.10 Å². The average molecular weight is 498 g/mol. The zero-order chi connectivity index (χ0) is 25.1. The minimum atomic E-state index is -0.184. The summed E-state index contributed by atoms with van der Waals surface area (Å²) in [6.45, 7) is 3.96. The largest absolute Gasteiger partial charge is 0.497 e. The van der Waals surface area contributed by atoms with Gasteiger partial charge in [-0.05, 0) is 49.2 Å². The number of benzene rings is 3. The fraction of sp³-hybridized carbons (Fsp3) is 0.214. The van der Waals surface area contributed by atoms with E-state index in [0.717, 1.165) is 34.1 Å². The smallest absolute Gasteiger partial charge is 0.253 e. The van der Waals surface area contributed by atoms with Crippen molar-refractivity contribution >= 4 is 23.4 Å². The summed E-state index contributed by atoms with van der Waals surface area (Å²) in [5, 5.41) is 15.7. The summed E-state index contributed by atoms with van der Waals surface area (Å²) < 4.78 is 7.29. The molecule has 182 valence electrons. The fourth-order valence-corrected chi connectivity index (χ4v) is 5.10. The van der Waals surface area contributed by atoms with Gasteiger partial charge >= 0.3 is 0 Å². The number of carbonyl (C=O) groups is 1. The zero-order valence-electron chi connectivity index (χ0n) is 20.5. The molecule has 0 bridgehead atoms. The zero-order valence-corrected chi connectivity index (χ0v) is 21.3. The van der Waals surface area contributed by atoms with Crippen LogP contribution in [0.15, 0.2) is 89.1 Å². The maximum absolute atomic E-state index is 13.5. The number of methoxy groups -OCH3 is 1. The molecule has 5 rings (SSSR count). The van der Waals surface area contributed by atoms with Gasteiger partial charge in [-0.1, -0.05) is 71.9 Å². The number of carbonyl (C=O) groups excluding carboxylic acids is 1. The summed E-state index contributed by atoms with van der Waals surface area (Å²) >= 11 is 1.37. The SMILES string of the molecule is COc1ccc(C2CC(c3ccccc3)=NN2C(=O)CSc2nnc(C)n2-c2ccc(C)cc2)cc1. The van der Waals surface area contributed by atoms with Gasteiger partial charge in [0.05, 0.1) is 24.6 Å². The van der Waals surface area contributed by atoms with E-state index in [-0.39, 0.29) is 17.7 Å². The number of ether oxygens (including phenoxy) is 1. The highest BCUT2D eigenvalue weighted by Gasteiger charge is 2.33. The Balaban J connectivity index is 1.39. The molecule has 0 N–H and O–H groups in total. The average Bonchev–Trinajstić information content (AvgIpc) is 3.52. The van der Waals surface area contributed by atoms with E-state index in [1.165, 1.54) is 17.3 Å². The van der Waals surface area contributed by atoms with Crippen LogP contribution in [-0.4, -0.2) is 44.3 Å². The number of thioether (sulfide) groups is 1. The van der Waals surface area contributed by atoms with Gasteiger partial charge in [-0.2, -0.15) is 5.10 Å². The highest BCUT2D eigenvalue weighted by molar-refractivity contribution is 7.99. The minimum Gasteiger partial charge on any atom is -0.497 e. The maximum atomic E-state index is 13.5. The van der Waals surface area contributed by atoms with Crippen LogP contribution in [0.1, 0.15) is 35.0 Å². The van der Waals surface area contributed by atoms with Gasteiger partial charge in [0.25, 0.3) is 5.91 Å². The maximum Gasteiger partial charge on any atom is 0.253 e. The number of hydrazone groups is 1. The van der Waals surface area contributed by atoms with Crippen molar-refractivity contribution in [3.63, 3.8) is 0 Å². The predicted octanol–water partition coefficient (Wildman–Crippen LogP) is 5.36. The van der Waals surface area contributed by atoms with Gasteiger partial charge in [0.15, 0.2) is 5.16 Å². The highest BCUT2D eigenvalue weighted by atomic mass is 32.2. The standard InChI is InChI=1S/C28H27N5O2S/c1-19-9-13-23(14-10-19)32-20(2)29-30-28(32)36-18-27(34)33-26(22-11-15-24(35-3)16-12-22)17-25(31-33)21-7-5-4-6-8-21/h4-16,26H,17-18H2,1-3H3. The van der Waals surface area contributed by atoms with E-state index in [2.05, 4.69) is 29.3 Å². The minimum absolute atomic E-state index is 0.0807. The Kier molecular flexibility index (Phi) is 6.86. The molecule has 1 amide bonds. The molecule has 7 nitrogen and oxygen atoms in total. The quantitative estimate of drug-likeness (QED) is 0.321. The van der Waals surface area contributed by atoms with Crippen molar-refractivity contribution in [2.45, 2.75) is 31.5 Å². The van der Waals surface area contributed by atoms with Crippen LogP contribution in [0.3, 0.4) is 0 Å². The second-order valence-electron chi connectivity index (χ2n) is 8.63. The first-order chi connectivity index (χ1) is 17.5. The monoisotopic (exact) mass is 497 g/mol. The van der Waals surface area contributed by atoms with Gasteiger partial charge in [-0.25, -0.2) is 5.01 Å². The lowest BCUT2D eigenvalue weighted by molar-refractivity contribution is -0.130. The second-order valence-corrected chi connectivity index (χ2v) is 9.58. The highest BCUT2D eigenvalue weighted by Crippen LogP contribution is 2.34. The molecular formula is C28H27N5O2S. The van der Waals surface area contributed by atoms with Crippen molar-refractivity contribution in [3.8, 4) is 11.4 Å². The molecule has 1 unspecified atom stereocenters. The molecule has 1 aliphatic heterocycles. The van der Waals surface area contributed by atoms with Crippen molar-refractivity contribution < 1.29 is 9.53 Å². The summed E-state index contributed by atoms with van der Waals surface area (Å²) in [6, 6.07) is 25.8. The lowest BCUT2D eigenvalue weighted by Gasteiger charge is -2.22. The molecule has 0 spiro atoms. The molecule has 8 heteroatoms. The van der Waals surface area contributed by atoms with Gasteiger partial charge in [-0.15, -0.1) is 10.2 Å². The number of hydrogen-bond donors (Lipinski definition) is 0. The summed E-state index contributed by atoms with van der Waals surface area (Å²) in [5.74, 6) is 1.67. The van der Waals surface area contributed by atoms with E-state index in [1.54, 1.807) is 12.1 Å². The Hall–Kier alpha value is -3.91. The molecule has 1 atom stereocenters. The van der Waals surface area contributed by atoms with Crippen LogP contribution in [0.5, 0.6) is 5.75 Å². The molecule has 0 fully saturated rings. The number of hydrogen-bond acceptors (Lipinski definition) is 6. The molecule has 2 heterocycles. The van der Waals surface area contributed by atoms with E-state index >= 15 is 0 Å². The van der Waals surface area contributed by atoms with Gasteiger partial charge in [0.2, 0.25) is 0 Å². The molecular weight excluding hydrogens is 470 g/mol. The van der Waals surface area contributed by atoms with Gasteiger partial charge < -0.3 is 4.74 Å². The molecule has 1 aliphatic rings. The van der Waals surface area contributed by atoms with Crippen LogP contribution >= 0.6 is 11.8 Å². The van der Waals surface area contributed by atoms with E-state index in [0.29, 0.717) is 11.6 Å². The van der Waals surface area contributed by atoms with Gasteiger partial charge in [0.1, 0.15) is 11.6 Å². The number of amides is 1.